The van der Waals surface area contributed by atoms with Crippen molar-refractivity contribution in [2.75, 3.05) is 58.2 Å². The highest BCUT2D eigenvalue weighted by Crippen LogP contribution is 2.43. The highest BCUT2D eigenvalue weighted by Gasteiger charge is 2.57. The molecule has 9 nitrogen and oxygen atoms in total. The van der Waals surface area contributed by atoms with Crippen molar-refractivity contribution in [2.45, 2.75) is 13.5 Å². The molecule has 2 atom stereocenters. The first kappa shape index (κ1) is 18.9. The molecule has 27 heavy (non-hydrogen) atoms. The number of piperazine rings is 1. The molecular weight excluding hydrogens is 370 g/mol. The van der Waals surface area contributed by atoms with Crippen molar-refractivity contribution in [2.24, 2.45) is 11.3 Å². The quantitative estimate of drug-likeness (QED) is 0.709. The molecule has 3 aliphatic heterocycles. The van der Waals surface area contributed by atoms with Gasteiger partial charge in [-0.3, -0.25) is 9.69 Å². The highest BCUT2D eigenvalue weighted by atomic mass is 32.2. The molecule has 3 fully saturated rings. The number of likely N-dealkylation sites (tertiary alicyclic amines) is 1. The maximum absolute atomic E-state index is 13.4. The largest absolute Gasteiger partial charge is 0.380 e. The number of ether oxygens (including phenoxy) is 1. The Morgan fingerprint density at radius 3 is 2.81 bits per heavy atom. The summed E-state index contributed by atoms with van der Waals surface area (Å²) in [6, 6.07) is 0. The predicted molar refractivity (Wildman–Crippen MR) is 98.2 cm³/mol. The Hall–Kier alpha value is -1.49. The summed E-state index contributed by atoms with van der Waals surface area (Å²) in [6.45, 7) is 6.51. The summed E-state index contributed by atoms with van der Waals surface area (Å²) < 4.78 is 31.3. The molecule has 1 N–H and O–H groups in total. The Bertz CT molecular complexity index is 775. The van der Waals surface area contributed by atoms with Gasteiger partial charge in [-0.2, -0.15) is 4.31 Å². The van der Waals surface area contributed by atoms with Crippen LogP contribution in [0.2, 0.25) is 0 Å². The molecule has 1 amide bonds. The highest BCUT2D eigenvalue weighted by molar-refractivity contribution is 7.89. The van der Waals surface area contributed by atoms with Crippen molar-refractivity contribution in [3.8, 4) is 0 Å². The number of nitrogens with zero attached hydrogens (tertiary/aromatic N) is 4. The summed E-state index contributed by atoms with van der Waals surface area (Å²) in [5.41, 5.74) is -0.515. The number of sulfonamides is 1. The number of rotatable bonds is 5. The predicted octanol–water partition coefficient (Wildman–Crippen LogP) is -0.648. The van der Waals surface area contributed by atoms with E-state index in [4.69, 9.17) is 4.74 Å². The zero-order valence-electron chi connectivity index (χ0n) is 15.6. The van der Waals surface area contributed by atoms with Crippen LogP contribution >= 0.6 is 0 Å². The summed E-state index contributed by atoms with van der Waals surface area (Å²) in [5, 5.41) is 0. The Kier molecular flexibility index (Phi) is 5.00. The molecule has 150 valence electrons. The lowest BCUT2D eigenvalue weighted by Gasteiger charge is -2.38. The van der Waals surface area contributed by atoms with Gasteiger partial charge in [0.15, 0.2) is 0 Å². The van der Waals surface area contributed by atoms with Crippen molar-refractivity contribution < 1.29 is 17.9 Å². The van der Waals surface area contributed by atoms with Crippen molar-refractivity contribution in [3.63, 3.8) is 0 Å². The Balaban J connectivity index is 1.43. The average molecular weight is 398 g/mol. The van der Waals surface area contributed by atoms with Crippen LogP contribution < -0.4 is 0 Å². The third-order valence-corrected chi connectivity index (χ3v) is 7.96. The zero-order chi connectivity index (χ0) is 19.1. The van der Waals surface area contributed by atoms with Crippen molar-refractivity contribution in [3.05, 3.63) is 18.2 Å². The first-order chi connectivity index (χ1) is 12.9. The van der Waals surface area contributed by atoms with Crippen LogP contribution in [0.25, 0.3) is 0 Å². The monoisotopic (exact) mass is 397 g/mol. The van der Waals surface area contributed by atoms with Gasteiger partial charge in [0.2, 0.25) is 15.9 Å². The standard InChI is InChI=1S/C17H27N5O4S/c1-2-27(24,25)22-7-5-21(6-8-22)16(23)17-12-20(9-14(17)11-26-13-17)10-15-18-3-4-19-15/h3-4,14H,2,5-13H2,1H3,(H,18,19)/t14-,17-/m1/s1. The van der Waals surface area contributed by atoms with E-state index in [1.54, 1.807) is 19.3 Å². The second-order valence-corrected chi connectivity index (χ2v) is 9.92. The number of fused-ring (bicyclic) bond motifs is 1. The van der Waals surface area contributed by atoms with E-state index in [0.717, 1.165) is 12.4 Å². The van der Waals surface area contributed by atoms with Crippen LogP contribution in [-0.2, 0) is 26.1 Å². The third kappa shape index (κ3) is 3.39. The number of hydrogen-bond acceptors (Lipinski definition) is 6. The maximum Gasteiger partial charge on any atom is 0.232 e. The lowest BCUT2D eigenvalue weighted by atomic mass is 9.79. The van der Waals surface area contributed by atoms with Gasteiger partial charge in [-0.25, -0.2) is 13.4 Å². The van der Waals surface area contributed by atoms with E-state index in [9.17, 15) is 13.2 Å². The molecule has 4 heterocycles. The van der Waals surface area contributed by atoms with Gasteiger partial charge < -0.3 is 14.6 Å². The normalized spacial score (nSPS) is 30.0. The first-order valence-electron chi connectivity index (χ1n) is 9.50. The van der Waals surface area contributed by atoms with Gasteiger partial charge in [0.05, 0.1) is 30.9 Å². The molecule has 0 saturated carbocycles. The minimum atomic E-state index is -3.19. The molecule has 0 aromatic carbocycles. The minimum absolute atomic E-state index is 0.0997. The molecule has 0 radical (unpaired) electrons. The molecule has 3 aliphatic rings. The summed E-state index contributed by atoms with van der Waals surface area (Å²) >= 11 is 0. The number of carbonyl (C=O) groups excluding carboxylic acids is 1. The van der Waals surface area contributed by atoms with Gasteiger partial charge in [0.1, 0.15) is 5.82 Å². The first-order valence-corrected chi connectivity index (χ1v) is 11.1. The van der Waals surface area contributed by atoms with Crippen LogP contribution in [0.1, 0.15) is 12.7 Å². The lowest BCUT2D eigenvalue weighted by molar-refractivity contribution is -0.144. The number of carbonyl (C=O) groups is 1. The average Bonchev–Trinajstić information content (AvgIpc) is 3.38. The van der Waals surface area contributed by atoms with Gasteiger partial charge in [-0.05, 0) is 6.92 Å². The topological polar surface area (TPSA) is 98.8 Å². The van der Waals surface area contributed by atoms with Crippen molar-refractivity contribution >= 4 is 15.9 Å². The molecular formula is C17H27N5O4S. The summed E-state index contributed by atoms with van der Waals surface area (Å²) in [6.07, 6.45) is 3.54. The molecule has 1 aromatic heterocycles. The second kappa shape index (κ2) is 7.16. The number of aromatic amines is 1. The van der Waals surface area contributed by atoms with Crippen molar-refractivity contribution in [1.82, 2.24) is 24.1 Å². The minimum Gasteiger partial charge on any atom is -0.380 e. The molecule has 0 bridgehead atoms. The van der Waals surface area contributed by atoms with Crippen molar-refractivity contribution in [1.29, 1.82) is 0 Å². The number of aromatic nitrogens is 2. The molecule has 1 aromatic rings. The number of hydrogen-bond donors (Lipinski definition) is 1. The Morgan fingerprint density at radius 1 is 1.37 bits per heavy atom. The van der Waals surface area contributed by atoms with E-state index < -0.39 is 15.4 Å². The smallest absolute Gasteiger partial charge is 0.232 e. The fourth-order valence-corrected chi connectivity index (χ4v) is 5.61. The summed E-state index contributed by atoms with van der Waals surface area (Å²) in [7, 11) is -3.19. The fourth-order valence-electron chi connectivity index (χ4n) is 4.53. The molecule has 0 spiro atoms. The number of H-pyrrole nitrogens is 1. The molecule has 0 unspecified atom stereocenters. The van der Waals surface area contributed by atoms with E-state index in [-0.39, 0.29) is 17.6 Å². The van der Waals surface area contributed by atoms with Gasteiger partial charge in [-0.1, -0.05) is 0 Å². The third-order valence-electron chi connectivity index (χ3n) is 6.08. The van der Waals surface area contributed by atoms with E-state index >= 15 is 0 Å². The number of amides is 1. The Labute approximate surface area is 159 Å². The number of imidazole rings is 1. The van der Waals surface area contributed by atoms with E-state index in [1.165, 1.54) is 4.31 Å². The molecule has 10 heteroatoms. The van der Waals surface area contributed by atoms with E-state index in [2.05, 4.69) is 14.9 Å². The van der Waals surface area contributed by atoms with Gasteiger partial charge >= 0.3 is 0 Å². The number of nitrogens with one attached hydrogen (secondary N) is 1. The lowest BCUT2D eigenvalue weighted by Crippen LogP contribution is -2.56. The van der Waals surface area contributed by atoms with Crippen LogP contribution in [-0.4, -0.2) is 96.6 Å². The van der Waals surface area contributed by atoms with Gasteiger partial charge in [-0.15, -0.1) is 0 Å². The van der Waals surface area contributed by atoms with Crippen LogP contribution in [0.15, 0.2) is 12.4 Å². The van der Waals surface area contributed by atoms with Crippen LogP contribution in [0.5, 0.6) is 0 Å². The zero-order valence-corrected chi connectivity index (χ0v) is 16.4. The summed E-state index contributed by atoms with van der Waals surface area (Å²) in [4.78, 5) is 24.9. The second-order valence-electron chi connectivity index (χ2n) is 7.67. The van der Waals surface area contributed by atoms with Crippen LogP contribution in [0.4, 0.5) is 0 Å². The summed E-state index contributed by atoms with van der Waals surface area (Å²) in [5.74, 6) is 1.29. The molecule has 3 saturated heterocycles. The fraction of sp³-hybridized carbons (Fsp3) is 0.765. The maximum atomic E-state index is 13.4. The van der Waals surface area contributed by atoms with Crippen LogP contribution in [0.3, 0.4) is 0 Å². The molecule has 0 aliphatic carbocycles. The van der Waals surface area contributed by atoms with Gasteiger partial charge in [0.25, 0.3) is 0 Å². The SMILES string of the molecule is CCS(=O)(=O)N1CCN(C(=O)[C@]23COC[C@H]2CN(Cc2ncc[nH]2)C3)CC1. The van der Waals surface area contributed by atoms with E-state index in [0.29, 0.717) is 52.5 Å². The van der Waals surface area contributed by atoms with Gasteiger partial charge in [0, 0.05) is 57.6 Å². The molecule has 4 rings (SSSR count). The van der Waals surface area contributed by atoms with E-state index in [1.807, 2.05) is 4.90 Å². The Morgan fingerprint density at radius 2 is 2.15 bits per heavy atom. The van der Waals surface area contributed by atoms with Crippen LogP contribution in [0, 0.1) is 11.3 Å².